The van der Waals surface area contributed by atoms with Gasteiger partial charge < -0.3 is 14.9 Å². The van der Waals surface area contributed by atoms with E-state index in [0.29, 0.717) is 23.0 Å². The van der Waals surface area contributed by atoms with Crippen molar-refractivity contribution in [3.8, 4) is 0 Å². The van der Waals surface area contributed by atoms with Crippen LogP contribution in [0.5, 0.6) is 0 Å². The van der Waals surface area contributed by atoms with Crippen LogP contribution in [-0.4, -0.2) is 65.1 Å². The predicted octanol–water partition coefficient (Wildman–Crippen LogP) is 5.28. The maximum atomic E-state index is 12.7. The molecule has 6 fully saturated rings. The third-order valence-electron chi connectivity index (χ3n) is 12.5. The summed E-state index contributed by atoms with van der Waals surface area (Å²) in [6, 6.07) is 0.788. The summed E-state index contributed by atoms with van der Waals surface area (Å²) in [5.41, 5.74) is -0.120. The zero-order valence-electron chi connectivity index (χ0n) is 22.1. The smallest absolute Gasteiger partial charge is 0.139 e. The highest BCUT2D eigenvalue weighted by Crippen LogP contribution is 2.66. The van der Waals surface area contributed by atoms with Gasteiger partial charge in [0.05, 0.1) is 5.60 Å². The number of β-amino-alcohol motifs (C(OH)–C–C–N with tert-alkyl or cyclic N) is 1. The Morgan fingerprint density at radius 2 is 1.62 bits per heavy atom. The topological polar surface area (TPSA) is 43.8 Å². The number of hydrogen-bond acceptors (Lipinski definition) is 4. The molecule has 1 N–H and O–H groups in total. The first-order chi connectivity index (χ1) is 16.3. The van der Waals surface area contributed by atoms with Crippen molar-refractivity contribution in [1.82, 2.24) is 9.80 Å². The number of piperidine rings is 2. The summed E-state index contributed by atoms with van der Waals surface area (Å²) in [5.74, 6) is 3.40. The summed E-state index contributed by atoms with van der Waals surface area (Å²) in [5, 5.41) is 11.8. The fourth-order valence-corrected chi connectivity index (χ4v) is 10.4. The Balaban J connectivity index is 1.07. The minimum Gasteiger partial charge on any atom is -0.389 e. The number of carbonyl (C=O) groups is 1. The standard InChI is InChI=1S/C30H50N2O2/c1-28-14-15-30(34,21-31-18-11-23(12-19-31)32-16-4-3-5-17-32)20-22(28)6-7-24-25-8-9-27(33)29(25,2)13-10-26(24)28/h22-26,34H,3-21H2,1-2H3/t22-,24-,25-,26-,28-,29-,30+/m0/s1. The van der Waals surface area contributed by atoms with E-state index in [0.717, 1.165) is 56.5 Å². The van der Waals surface area contributed by atoms with E-state index in [1.165, 1.54) is 84.0 Å². The van der Waals surface area contributed by atoms with Crippen LogP contribution in [0, 0.1) is 34.5 Å². The van der Waals surface area contributed by atoms with Gasteiger partial charge in [0, 0.05) is 24.4 Å². The SMILES string of the molecule is C[C@]12CC[C@](O)(CN3CCC(N4CCCCC4)CC3)C[C@@H]1CC[C@@H]1[C@@H]2CC[C@]2(C)C(=O)CC[C@@H]12. The second-order valence-electron chi connectivity index (χ2n) is 14.1. The van der Waals surface area contributed by atoms with Crippen LogP contribution in [0.3, 0.4) is 0 Å². The molecular weight excluding hydrogens is 420 g/mol. The normalized spacial score (nSPS) is 48.9. The molecule has 0 aromatic rings. The summed E-state index contributed by atoms with van der Waals surface area (Å²) >= 11 is 0. The Kier molecular flexibility index (Phi) is 6.22. The Morgan fingerprint density at radius 3 is 2.38 bits per heavy atom. The van der Waals surface area contributed by atoms with Crippen molar-refractivity contribution in [2.75, 3.05) is 32.7 Å². The fourth-order valence-electron chi connectivity index (χ4n) is 10.4. The third-order valence-corrected chi connectivity index (χ3v) is 12.5. The molecule has 4 aliphatic carbocycles. The number of nitrogens with zero attached hydrogens (tertiary/aromatic N) is 2. The van der Waals surface area contributed by atoms with Crippen molar-refractivity contribution in [2.24, 2.45) is 34.5 Å². The Bertz CT molecular complexity index is 772. The molecular formula is C30H50N2O2. The lowest BCUT2D eigenvalue weighted by atomic mass is 9.44. The number of carbonyl (C=O) groups excluding carboxylic acids is 1. The number of ketones is 1. The highest BCUT2D eigenvalue weighted by Gasteiger charge is 2.61. The lowest BCUT2D eigenvalue weighted by molar-refractivity contribution is -0.157. The van der Waals surface area contributed by atoms with Gasteiger partial charge in [0.1, 0.15) is 5.78 Å². The Labute approximate surface area is 208 Å². The van der Waals surface area contributed by atoms with E-state index in [2.05, 4.69) is 23.6 Å². The summed E-state index contributed by atoms with van der Waals surface area (Å²) in [6.07, 6.45) is 16.9. The van der Waals surface area contributed by atoms with Crippen LogP contribution in [0.1, 0.15) is 104 Å². The highest BCUT2D eigenvalue weighted by atomic mass is 16.3. The maximum Gasteiger partial charge on any atom is 0.139 e. The number of fused-ring (bicyclic) bond motifs is 5. The molecule has 192 valence electrons. The molecule has 0 amide bonds. The van der Waals surface area contributed by atoms with E-state index < -0.39 is 5.60 Å². The fraction of sp³-hybridized carbons (Fsp3) is 0.967. The number of rotatable bonds is 3. The lowest BCUT2D eigenvalue weighted by Gasteiger charge is -2.61. The second kappa shape index (κ2) is 8.84. The molecule has 0 aromatic carbocycles. The number of Topliss-reactive ketones (excluding diaryl/α,β-unsaturated/α-hetero) is 1. The van der Waals surface area contributed by atoms with E-state index in [1.54, 1.807) is 0 Å². The summed E-state index contributed by atoms with van der Waals surface area (Å²) in [6.45, 7) is 10.7. The van der Waals surface area contributed by atoms with Crippen molar-refractivity contribution < 1.29 is 9.90 Å². The van der Waals surface area contributed by atoms with E-state index in [-0.39, 0.29) is 5.41 Å². The van der Waals surface area contributed by atoms with Gasteiger partial charge in [-0.3, -0.25) is 4.79 Å². The molecule has 4 nitrogen and oxygen atoms in total. The van der Waals surface area contributed by atoms with Crippen LogP contribution >= 0.6 is 0 Å². The number of aliphatic hydroxyl groups is 1. The molecule has 0 unspecified atom stereocenters. The van der Waals surface area contributed by atoms with Crippen molar-refractivity contribution in [3.63, 3.8) is 0 Å². The Morgan fingerprint density at radius 1 is 0.853 bits per heavy atom. The second-order valence-corrected chi connectivity index (χ2v) is 14.1. The molecule has 6 rings (SSSR count). The van der Waals surface area contributed by atoms with Crippen LogP contribution < -0.4 is 0 Å². The molecule has 0 spiro atoms. The van der Waals surface area contributed by atoms with Gasteiger partial charge in [-0.1, -0.05) is 20.3 Å². The largest absolute Gasteiger partial charge is 0.389 e. The Hall–Kier alpha value is -0.450. The summed E-state index contributed by atoms with van der Waals surface area (Å²) in [7, 11) is 0. The molecule has 34 heavy (non-hydrogen) atoms. The predicted molar refractivity (Wildman–Crippen MR) is 137 cm³/mol. The van der Waals surface area contributed by atoms with Gasteiger partial charge in [-0.2, -0.15) is 0 Å². The number of hydrogen-bond donors (Lipinski definition) is 1. The molecule has 0 radical (unpaired) electrons. The van der Waals surface area contributed by atoms with Crippen molar-refractivity contribution in [1.29, 1.82) is 0 Å². The van der Waals surface area contributed by atoms with Crippen molar-refractivity contribution in [2.45, 2.75) is 115 Å². The molecule has 4 saturated carbocycles. The van der Waals surface area contributed by atoms with Crippen LogP contribution in [0.15, 0.2) is 0 Å². The van der Waals surface area contributed by atoms with E-state index >= 15 is 0 Å². The molecule has 6 aliphatic rings. The van der Waals surface area contributed by atoms with Gasteiger partial charge in [-0.15, -0.1) is 0 Å². The van der Waals surface area contributed by atoms with Gasteiger partial charge in [-0.05, 0) is 132 Å². The molecule has 2 saturated heterocycles. The van der Waals surface area contributed by atoms with Crippen molar-refractivity contribution >= 4 is 5.78 Å². The minimum atomic E-state index is -0.485. The average Bonchev–Trinajstić information content (AvgIpc) is 3.15. The minimum absolute atomic E-state index is 0.0138. The third kappa shape index (κ3) is 3.93. The molecule has 0 bridgehead atoms. The van der Waals surface area contributed by atoms with Crippen LogP contribution in [0.2, 0.25) is 0 Å². The summed E-state index contributed by atoms with van der Waals surface area (Å²) in [4.78, 5) is 18.1. The van der Waals surface area contributed by atoms with E-state index in [4.69, 9.17) is 0 Å². The van der Waals surface area contributed by atoms with Gasteiger partial charge in [-0.25, -0.2) is 0 Å². The van der Waals surface area contributed by atoms with Gasteiger partial charge in [0.25, 0.3) is 0 Å². The molecule has 2 heterocycles. The lowest BCUT2D eigenvalue weighted by Crippen LogP contribution is -2.58. The molecule has 7 atom stereocenters. The van der Waals surface area contributed by atoms with Crippen LogP contribution in [-0.2, 0) is 4.79 Å². The van der Waals surface area contributed by atoms with Crippen molar-refractivity contribution in [3.05, 3.63) is 0 Å². The first-order valence-corrected chi connectivity index (χ1v) is 15.0. The van der Waals surface area contributed by atoms with E-state index in [1.807, 2.05) is 0 Å². The zero-order chi connectivity index (χ0) is 23.6. The quantitative estimate of drug-likeness (QED) is 0.609. The van der Waals surface area contributed by atoms with E-state index in [9.17, 15) is 9.90 Å². The number of likely N-dealkylation sites (tertiary alicyclic amines) is 2. The van der Waals surface area contributed by atoms with Gasteiger partial charge in [0.2, 0.25) is 0 Å². The monoisotopic (exact) mass is 470 g/mol. The maximum absolute atomic E-state index is 12.7. The van der Waals surface area contributed by atoms with Gasteiger partial charge >= 0.3 is 0 Å². The zero-order valence-corrected chi connectivity index (χ0v) is 22.1. The average molecular weight is 471 g/mol. The first-order valence-electron chi connectivity index (χ1n) is 15.0. The van der Waals surface area contributed by atoms with Gasteiger partial charge in [0.15, 0.2) is 0 Å². The molecule has 0 aromatic heterocycles. The highest BCUT2D eigenvalue weighted by molar-refractivity contribution is 5.87. The van der Waals surface area contributed by atoms with Crippen LogP contribution in [0.25, 0.3) is 0 Å². The van der Waals surface area contributed by atoms with Crippen LogP contribution in [0.4, 0.5) is 0 Å². The first kappa shape index (κ1) is 23.9. The molecule has 4 heteroatoms. The summed E-state index contributed by atoms with van der Waals surface area (Å²) < 4.78 is 0. The molecule has 2 aliphatic heterocycles.